The van der Waals surface area contributed by atoms with Crippen LogP contribution in [-0.4, -0.2) is 25.7 Å². The summed E-state index contributed by atoms with van der Waals surface area (Å²) in [5, 5.41) is 11.1. The number of hydrogen-bond acceptors (Lipinski definition) is 3. The molecule has 3 aromatic rings. The molecule has 0 radical (unpaired) electrons. The summed E-state index contributed by atoms with van der Waals surface area (Å²) in [6.07, 6.45) is 3.07. The number of aromatic nitrogens is 4. The van der Waals surface area contributed by atoms with Crippen LogP contribution in [0.4, 0.5) is 5.82 Å². The van der Waals surface area contributed by atoms with Crippen molar-refractivity contribution in [3.63, 3.8) is 0 Å². The number of imidazole rings is 1. The molecule has 1 amide bonds. The predicted octanol–water partition coefficient (Wildman–Crippen LogP) is 2.20. The molecule has 1 aromatic carbocycles. The van der Waals surface area contributed by atoms with Gasteiger partial charge < -0.3 is 9.88 Å². The summed E-state index contributed by atoms with van der Waals surface area (Å²) in [6, 6.07) is 5.31. The van der Waals surface area contributed by atoms with Crippen molar-refractivity contribution < 1.29 is 4.79 Å². The van der Waals surface area contributed by atoms with Gasteiger partial charge in [0.15, 0.2) is 5.82 Å². The molecule has 96 valence electrons. The first-order chi connectivity index (χ1) is 9.15. The second kappa shape index (κ2) is 4.40. The second-order valence-corrected chi connectivity index (χ2v) is 4.54. The van der Waals surface area contributed by atoms with Gasteiger partial charge in [-0.15, -0.1) is 0 Å². The average Bonchev–Trinajstić information content (AvgIpc) is 2.96. The van der Waals surface area contributed by atoms with E-state index in [4.69, 9.17) is 11.6 Å². The van der Waals surface area contributed by atoms with E-state index in [0.717, 1.165) is 10.9 Å². The van der Waals surface area contributed by atoms with Gasteiger partial charge in [-0.2, -0.15) is 5.10 Å². The third-order valence-corrected chi connectivity index (χ3v) is 3.04. The maximum Gasteiger partial charge on any atom is 0.275 e. The first-order valence-electron chi connectivity index (χ1n) is 5.56. The van der Waals surface area contributed by atoms with Crippen LogP contribution in [-0.2, 0) is 7.05 Å². The molecule has 2 aromatic heterocycles. The van der Waals surface area contributed by atoms with Gasteiger partial charge in [0, 0.05) is 17.5 Å². The highest BCUT2D eigenvalue weighted by atomic mass is 35.5. The molecule has 0 aliphatic heterocycles. The molecular formula is C12H10ClN5O. The zero-order valence-electron chi connectivity index (χ0n) is 10.0. The Labute approximate surface area is 113 Å². The Balaban J connectivity index is 1.94. The second-order valence-electron chi connectivity index (χ2n) is 4.11. The van der Waals surface area contributed by atoms with Gasteiger partial charge in [0.1, 0.15) is 5.69 Å². The fourth-order valence-electron chi connectivity index (χ4n) is 1.83. The molecule has 0 saturated carbocycles. The monoisotopic (exact) mass is 275 g/mol. The summed E-state index contributed by atoms with van der Waals surface area (Å²) in [5.41, 5.74) is 1.23. The minimum absolute atomic E-state index is 0.261. The molecule has 0 unspecified atom stereocenters. The van der Waals surface area contributed by atoms with Crippen LogP contribution in [0.25, 0.3) is 10.9 Å². The molecule has 19 heavy (non-hydrogen) atoms. The first-order valence-corrected chi connectivity index (χ1v) is 5.94. The summed E-state index contributed by atoms with van der Waals surface area (Å²) in [6.45, 7) is 0. The number of H-pyrrole nitrogens is 1. The molecule has 0 saturated heterocycles. The number of rotatable bonds is 2. The highest BCUT2D eigenvalue weighted by molar-refractivity contribution is 6.31. The van der Waals surface area contributed by atoms with Crippen LogP contribution < -0.4 is 5.32 Å². The Morgan fingerprint density at radius 3 is 3.05 bits per heavy atom. The van der Waals surface area contributed by atoms with E-state index in [0.29, 0.717) is 16.5 Å². The van der Waals surface area contributed by atoms with E-state index >= 15 is 0 Å². The summed E-state index contributed by atoms with van der Waals surface area (Å²) < 4.78 is 1.64. The number of fused-ring (bicyclic) bond motifs is 1. The third-order valence-electron chi connectivity index (χ3n) is 2.81. The van der Waals surface area contributed by atoms with Crippen LogP contribution in [0.15, 0.2) is 30.7 Å². The standard InChI is InChI=1S/C12H10ClN5O/c1-18-6-14-5-10(18)12(19)15-11-8-3-2-7(13)4-9(8)16-17-11/h2-6H,1H3,(H2,15,16,17,19). The van der Waals surface area contributed by atoms with Crippen molar-refractivity contribution in [3.05, 3.63) is 41.4 Å². The number of benzene rings is 1. The number of anilines is 1. The molecule has 0 aliphatic carbocycles. The maximum absolute atomic E-state index is 12.1. The van der Waals surface area contributed by atoms with E-state index < -0.39 is 0 Å². The SMILES string of the molecule is Cn1cncc1C(=O)Nc1n[nH]c2cc(Cl)ccc12. The van der Waals surface area contributed by atoms with E-state index in [2.05, 4.69) is 20.5 Å². The van der Waals surface area contributed by atoms with Gasteiger partial charge in [-0.05, 0) is 18.2 Å². The number of aromatic amines is 1. The summed E-state index contributed by atoms with van der Waals surface area (Å²) >= 11 is 5.89. The first kappa shape index (κ1) is 11.7. The normalized spacial score (nSPS) is 10.8. The number of aryl methyl sites for hydroxylation is 1. The van der Waals surface area contributed by atoms with Crippen molar-refractivity contribution in [3.8, 4) is 0 Å². The lowest BCUT2D eigenvalue weighted by molar-refractivity contribution is 0.101. The number of hydrogen-bond donors (Lipinski definition) is 2. The topological polar surface area (TPSA) is 75.6 Å². The number of halogens is 1. The average molecular weight is 276 g/mol. The highest BCUT2D eigenvalue weighted by Gasteiger charge is 2.13. The van der Waals surface area contributed by atoms with E-state index in [1.807, 2.05) is 0 Å². The van der Waals surface area contributed by atoms with Crippen molar-refractivity contribution in [1.82, 2.24) is 19.7 Å². The summed E-state index contributed by atoms with van der Waals surface area (Å²) in [7, 11) is 1.75. The molecule has 6 nitrogen and oxygen atoms in total. The Bertz CT molecular complexity index is 760. The molecule has 3 rings (SSSR count). The van der Waals surface area contributed by atoms with Crippen molar-refractivity contribution >= 4 is 34.2 Å². The fraction of sp³-hybridized carbons (Fsp3) is 0.0833. The van der Waals surface area contributed by atoms with Crippen molar-refractivity contribution in [1.29, 1.82) is 0 Å². The number of carbonyl (C=O) groups excluding carboxylic acids is 1. The van der Waals surface area contributed by atoms with Crippen LogP contribution in [0.3, 0.4) is 0 Å². The van der Waals surface area contributed by atoms with Crippen molar-refractivity contribution in [2.75, 3.05) is 5.32 Å². The van der Waals surface area contributed by atoms with Gasteiger partial charge in [0.2, 0.25) is 0 Å². The summed E-state index contributed by atoms with van der Waals surface area (Å²) in [5.74, 6) is 0.209. The van der Waals surface area contributed by atoms with Crippen LogP contribution in [0.2, 0.25) is 5.02 Å². The van der Waals surface area contributed by atoms with Crippen LogP contribution >= 0.6 is 11.6 Å². The van der Waals surface area contributed by atoms with Crippen LogP contribution in [0.5, 0.6) is 0 Å². The molecule has 0 fully saturated rings. The lowest BCUT2D eigenvalue weighted by atomic mass is 10.2. The molecule has 0 spiro atoms. The van der Waals surface area contributed by atoms with Gasteiger partial charge in [0.05, 0.1) is 18.0 Å². The van der Waals surface area contributed by atoms with Gasteiger partial charge in [0.25, 0.3) is 5.91 Å². The number of carbonyl (C=O) groups is 1. The van der Waals surface area contributed by atoms with Crippen LogP contribution in [0, 0.1) is 0 Å². The molecule has 0 bridgehead atoms. The minimum atomic E-state index is -0.261. The van der Waals surface area contributed by atoms with Gasteiger partial charge in [-0.3, -0.25) is 9.89 Å². The molecule has 0 atom stereocenters. The van der Waals surface area contributed by atoms with E-state index in [1.54, 1.807) is 36.1 Å². The lowest BCUT2D eigenvalue weighted by Gasteiger charge is -2.02. The fourth-order valence-corrected chi connectivity index (χ4v) is 2.01. The minimum Gasteiger partial charge on any atom is -0.330 e. The Morgan fingerprint density at radius 1 is 1.47 bits per heavy atom. The maximum atomic E-state index is 12.1. The van der Waals surface area contributed by atoms with Crippen molar-refractivity contribution in [2.24, 2.45) is 7.05 Å². The van der Waals surface area contributed by atoms with Crippen molar-refractivity contribution in [2.45, 2.75) is 0 Å². The smallest absolute Gasteiger partial charge is 0.275 e. The molecule has 7 heteroatoms. The van der Waals surface area contributed by atoms with Gasteiger partial charge in [-0.25, -0.2) is 4.98 Å². The summed E-state index contributed by atoms with van der Waals surface area (Å²) in [4.78, 5) is 16.0. The zero-order chi connectivity index (χ0) is 13.4. The number of nitrogens with zero attached hydrogens (tertiary/aromatic N) is 3. The van der Waals surface area contributed by atoms with E-state index in [9.17, 15) is 4.79 Å². The number of amides is 1. The zero-order valence-corrected chi connectivity index (χ0v) is 10.8. The molecule has 0 aliphatic rings. The quantitative estimate of drug-likeness (QED) is 0.753. The van der Waals surface area contributed by atoms with Gasteiger partial charge in [-0.1, -0.05) is 11.6 Å². The van der Waals surface area contributed by atoms with Crippen LogP contribution in [0.1, 0.15) is 10.5 Å². The van der Waals surface area contributed by atoms with E-state index in [-0.39, 0.29) is 5.91 Å². The number of nitrogens with one attached hydrogen (secondary N) is 2. The predicted molar refractivity (Wildman–Crippen MR) is 72.3 cm³/mol. The lowest BCUT2D eigenvalue weighted by Crippen LogP contribution is -2.15. The van der Waals surface area contributed by atoms with Gasteiger partial charge >= 0.3 is 0 Å². The molecule has 2 N–H and O–H groups in total. The largest absolute Gasteiger partial charge is 0.330 e. The van der Waals surface area contributed by atoms with E-state index in [1.165, 1.54) is 6.20 Å². The Morgan fingerprint density at radius 2 is 2.32 bits per heavy atom. The Kier molecular flexibility index (Phi) is 2.72. The highest BCUT2D eigenvalue weighted by Crippen LogP contribution is 2.23. The third kappa shape index (κ3) is 2.06. The molecular weight excluding hydrogens is 266 g/mol. The molecule has 2 heterocycles. The Hall–Kier alpha value is -2.34.